The Kier molecular flexibility index (Phi) is 5.69. The van der Waals surface area contributed by atoms with E-state index in [-0.39, 0.29) is 23.7 Å². The highest BCUT2D eigenvalue weighted by molar-refractivity contribution is 7.91. The topological polar surface area (TPSA) is 101 Å². The number of benzene rings is 1. The van der Waals surface area contributed by atoms with Gasteiger partial charge < -0.3 is 10.4 Å². The first-order valence-electron chi connectivity index (χ1n) is 5.96. The molecule has 1 rings (SSSR count). The molecule has 0 saturated carbocycles. The molecule has 1 atom stereocenters. The number of aliphatic hydroxyl groups is 1. The Morgan fingerprint density at radius 2 is 1.65 bits per heavy atom. The number of hydrogen-bond donors (Lipinski definition) is 2. The Balaban J connectivity index is 2.54. The molecule has 1 unspecified atom stereocenters. The van der Waals surface area contributed by atoms with Crippen LogP contribution in [0.2, 0.25) is 0 Å². The highest BCUT2D eigenvalue weighted by Crippen LogP contribution is 2.15. The van der Waals surface area contributed by atoms with Gasteiger partial charge in [-0.2, -0.15) is 0 Å². The Hall–Kier alpha value is -0.960. The van der Waals surface area contributed by atoms with Gasteiger partial charge in [-0.15, -0.1) is 0 Å². The smallest absolute Gasteiger partial charge is 0.175 e. The molecule has 0 heterocycles. The SMILES string of the molecule is CS(=O)(=O)CCNCC(O)c1ccc(S(C)(=O)=O)cc1. The van der Waals surface area contributed by atoms with Crippen LogP contribution in [-0.4, -0.2) is 53.3 Å². The molecule has 114 valence electrons. The van der Waals surface area contributed by atoms with Crippen LogP contribution in [0.1, 0.15) is 11.7 Å². The van der Waals surface area contributed by atoms with E-state index in [4.69, 9.17) is 0 Å². The van der Waals surface area contributed by atoms with Crippen molar-refractivity contribution in [3.63, 3.8) is 0 Å². The molecule has 8 heteroatoms. The monoisotopic (exact) mass is 321 g/mol. The Morgan fingerprint density at radius 3 is 2.10 bits per heavy atom. The van der Waals surface area contributed by atoms with Crippen LogP contribution < -0.4 is 5.32 Å². The van der Waals surface area contributed by atoms with Crippen molar-refractivity contribution in [3.05, 3.63) is 29.8 Å². The summed E-state index contributed by atoms with van der Waals surface area (Å²) < 4.78 is 44.4. The zero-order chi connectivity index (χ0) is 15.4. The van der Waals surface area contributed by atoms with Gasteiger partial charge in [0.25, 0.3) is 0 Å². The van der Waals surface area contributed by atoms with Crippen molar-refractivity contribution in [2.24, 2.45) is 0 Å². The molecule has 0 radical (unpaired) electrons. The normalized spacial score (nSPS) is 14.2. The molecular weight excluding hydrogens is 302 g/mol. The zero-order valence-electron chi connectivity index (χ0n) is 11.4. The molecule has 0 aliphatic rings. The standard InChI is InChI=1S/C12H19NO5S2/c1-19(15,16)8-7-13-9-12(14)10-3-5-11(6-4-10)20(2,17)18/h3-6,12-14H,7-9H2,1-2H3. The lowest BCUT2D eigenvalue weighted by atomic mass is 10.1. The van der Waals surface area contributed by atoms with Crippen molar-refractivity contribution >= 4 is 19.7 Å². The van der Waals surface area contributed by atoms with Crippen molar-refractivity contribution in [3.8, 4) is 0 Å². The largest absolute Gasteiger partial charge is 0.387 e. The average Bonchev–Trinajstić information content (AvgIpc) is 2.32. The molecule has 6 nitrogen and oxygen atoms in total. The molecule has 1 aromatic carbocycles. The molecule has 0 saturated heterocycles. The van der Waals surface area contributed by atoms with Crippen molar-refractivity contribution in [1.29, 1.82) is 0 Å². The predicted octanol–water partition coefficient (Wildman–Crippen LogP) is -0.242. The molecule has 0 aliphatic carbocycles. The van der Waals surface area contributed by atoms with Crippen LogP contribution in [0.3, 0.4) is 0 Å². The van der Waals surface area contributed by atoms with Crippen LogP contribution in [-0.2, 0) is 19.7 Å². The third kappa shape index (κ3) is 6.00. The zero-order valence-corrected chi connectivity index (χ0v) is 13.0. The molecule has 1 aromatic rings. The van der Waals surface area contributed by atoms with E-state index in [1.807, 2.05) is 0 Å². The maximum atomic E-state index is 11.3. The van der Waals surface area contributed by atoms with Crippen LogP contribution in [0, 0.1) is 0 Å². The van der Waals surface area contributed by atoms with Crippen molar-refractivity contribution in [2.45, 2.75) is 11.0 Å². The van der Waals surface area contributed by atoms with E-state index in [2.05, 4.69) is 5.32 Å². The van der Waals surface area contributed by atoms with E-state index in [1.165, 1.54) is 12.1 Å². The summed E-state index contributed by atoms with van der Waals surface area (Å²) >= 11 is 0. The van der Waals surface area contributed by atoms with Gasteiger partial charge in [0.05, 0.1) is 16.8 Å². The lowest BCUT2D eigenvalue weighted by Gasteiger charge is -2.12. The van der Waals surface area contributed by atoms with Gasteiger partial charge in [0.15, 0.2) is 9.84 Å². The third-order valence-electron chi connectivity index (χ3n) is 2.68. The summed E-state index contributed by atoms with van der Waals surface area (Å²) in [5.74, 6) is 0.00668. The minimum atomic E-state index is -3.25. The molecule has 20 heavy (non-hydrogen) atoms. The lowest BCUT2D eigenvalue weighted by Crippen LogP contribution is -2.26. The quantitative estimate of drug-likeness (QED) is 0.672. The Labute approximate surface area is 119 Å². The van der Waals surface area contributed by atoms with Crippen LogP contribution >= 0.6 is 0 Å². The first-order valence-corrected chi connectivity index (χ1v) is 9.91. The van der Waals surface area contributed by atoms with Gasteiger partial charge in [0.1, 0.15) is 9.84 Å². The van der Waals surface area contributed by atoms with Gasteiger partial charge in [-0.05, 0) is 17.7 Å². The summed E-state index contributed by atoms with van der Waals surface area (Å²) in [4.78, 5) is 0.193. The van der Waals surface area contributed by atoms with Crippen LogP contribution in [0.5, 0.6) is 0 Å². The van der Waals surface area contributed by atoms with Gasteiger partial charge in [-0.1, -0.05) is 12.1 Å². The van der Waals surface area contributed by atoms with Gasteiger partial charge in [0.2, 0.25) is 0 Å². The maximum Gasteiger partial charge on any atom is 0.175 e. The van der Waals surface area contributed by atoms with Crippen molar-refractivity contribution < 1.29 is 21.9 Å². The molecule has 0 aliphatic heterocycles. The summed E-state index contributed by atoms with van der Waals surface area (Å²) in [5, 5.41) is 12.7. The lowest BCUT2D eigenvalue weighted by molar-refractivity contribution is 0.175. The Bertz CT molecular complexity index is 635. The second kappa shape index (κ2) is 6.66. The molecule has 0 fully saturated rings. The van der Waals surface area contributed by atoms with Crippen molar-refractivity contribution in [2.75, 3.05) is 31.4 Å². The van der Waals surface area contributed by atoms with E-state index in [0.717, 1.165) is 12.5 Å². The summed E-state index contributed by atoms with van der Waals surface area (Å²) in [6, 6.07) is 5.95. The van der Waals surface area contributed by atoms with Gasteiger partial charge in [-0.3, -0.25) is 0 Å². The third-order valence-corrected chi connectivity index (χ3v) is 4.75. The molecule has 2 N–H and O–H groups in total. The predicted molar refractivity (Wildman–Crippen MR) is 77.1 cm³/mol. The van der Waals surface area contributed by atoms with E-state index >= 15 is 0 Å². The minimum absolute atomic E-state index is 0.00668. The van der Waals surface area contributed by atoms with Gasteiger partial charge in [-0.25, -0.2) is 16.8 Å². The summed E-state index contributed by atoms with van der Waals surface area (Å²) in [5.41, 5.74) is 0.573. The number of hydrogen-bond acceptors (Lipinski definition) is 6. The van der Waals surface area contributed by atoms with E-state index < -0.39 is 25.8 Å². The number of sulfone groups is 2. The maximum absolute atomic E-state index is 11.3. The molecular formula is C12H19NO5S2. The fourth-order valence-electron chi connectivity index (χ4n) is 1.55. The first kappa shape index (κ1) is 17.1. The molecule has 0 bridgehead atoms. The highest BCUT2D eigenvalue weighted by Gasteiger charge is 2.11. The van der Waals surface area contributed by atoms with Gasteiger partial charge in [0, 0.05) is 25.6 Å². The second-order valence-corrected chi connectivity index (χ2v) is 8.97. The number of nitrogens with one attached hydrogen (secondary N) is 1. The van der Waals surface area contributed by atoms with E-state index in [0.29, 0.717) is 5.56 Å². The first-order chi connectivity index (χ1) is 9.09. The van der Waals surface area contributed by atoms with E-state index in [9.17, 15) is 21.9 Å². The second-order valence-electron chi connectivity index (χ2n) is 4.69. The summed E-state index contributed by atoms with van der Waals surface area (Å²) in [6.45, 7) is 0.463. The van der Waals surface area contributed by atoms with Crippen LogP contribution in [0.15, 0.2) is 29.2 Å². The summed E-state index contributed by atoms with van der Waals surface area (Å²) in [7, 11) is -6.27. The highest BCUT2D eigenvalue weighted by atomic mass is 32.2. The molecule has 0 spiro atoms. The van der Waals surface area contributed by atoms with E-state index in [1.54, 1.807) is 12.1 Å². The average molecular weight is 321 g/mol. The fourth-order valence-corrected chi connectivity index (χ4v) is 2.70. The van der Waals surface area contributed by atoms with Crippen molar-refractivity contribution in [1.82, 2.24) is 5.32 Å². The number of aliphatic hydroxyl groups excluding tert-OH is 1. The van der Waals surface area contributed by atoms with Crippen LogP contribution in [0.4, 0.5) is 0 Å². The van der Waals surface area contributed by atoms with Crippen LogP contribution in [0.25, 0.3) is 0 Å². The van der Waals surface area contributed by atoms with Gasteiger partial charge >= 0.3 is 0 Å². The number of rotatable bonds is 7. The molecule has 0 amide bonds. The fraction of sp³-hybridized carbons (Fsp3) is 0.500. The molecule has 0 aromatic heterocycles. The minimum Gasteiger partial charge on any atom is -0.387 e. The summed E-state index contributed by atoms with van der Waals surface area (Å²) in [6.07, 6.45) is 1.45. The Morgan fingerprint density at radius 1 is 1.10 bits per heavy atom.